The normalized spacial score (nSPS) is 15.1. The molecule has 1 N–H and O–H groups in total. The summed E-state index contributed by atoms with van der Waals surface area (Å²) in [6, 6.07) is 9.46. The molecule has 2 unspecified atom stereocenters. The van der Waals surface area contributed by atoms with Crippen LogP contribution in [0.5, 0.6) is 0 Å². The van der Waals surface area contributed by atoms with Gasteiger partial charge in [0.2, 0.25) is 0 Å². The molecule has 0 radical (unpaired) electrons. The number of aliphatic hydroxyl groups excluding tert-OH is 1. The Bertz CT molecular complexity index is 253. The highest BCUT2D eigenvalue weighted by molar-refractivity contribution is 6.45. The Morgan fingerprint density at radius 2 is 2.00 bits per heavy atom. The van der Waals surface area contributed by atoms with Crippen LogP contribution in [0.3, 0.4) is 0 Å². The van der Waals surface area contributed by atoms with Gasteiger partial charge in [-0.2, -0.15) is 0 Å². The molecule has 3 nitrogen and oxygen atoms in total. The lowest BCUT2D eigenvalue weighted by atomic mass is 10.2. The van der Waals surface area contributed by atoms with Crippen LogP contribution in [-0.2, 0) is 8.85 Å². The molecule has 1 aromatic carbocycles. The Kier molecular flexibility index (Phi) is 4.82. The van der Waals surface area contributed by atoms with E-state index in [1.807, 2.05) is 37.3 Å². The van der Waals surface area contributed by atoms with Crippen LogP contribution in [0.4, 0.5) is 0 Å². The quantitative estimate of drug-likeness (QED) is 0.744. The highest BCUT2D eigenvalue weighted by Crippen LogP contribution is 2.16. The first-order chi connectivity index (χ1) is 6.79. The standard InChI is InChI=1S/C10H16O3Si/c1-3-13-14(12-2)10(11)9-7-5-4-6-8-9/h4-8,10-11,14H,3H2,1-2H3. The molecule has 0 bridgehead atoms. The van der Waals surface area contributed by atoms with Crippen molar-refractivity contribution in [2.45, 2.75) is 12.7 Å². The first-order valence-corrected chi connectivity index (χ1v) is 6.28. The molecule has 0 aliphatic heterocycles. The molecule has 0 aromatic heterocycles. The summed E-state index contributed by atoms with van der Waals surface area (Å²) in [6.07, 6.45) is 0. The molecule has 14 heavy (non-hydrogen) atoms. The molecule has 0 aliphatic rings. The summed E-state index contributed by atoms with van der Waals surface area (Å²) in [4.78, 5) is 0. The van der Waals surface area contributed by atoms with E-state index in [2.05, 4.69) is 0 Å². The van der Waals surface area contributed by atoms with Gasteiger partial charge >= 0.3 is 9.28 Å². The third-order valence-electron chi connectivity index (χ3n) is 1.96. The van der Waals surface area contributed by atoms with E-state index >= 15 is 0 Å². The fraction of sp³-hybridized carbons (Fsp3) is 0.400. The molecule has 0 saturated carbocycles. The van der Waals surface area contributed by atoms with Gasteiger partial charge in [-0.3, -0.25) is 0 Å². The van der Waals surface area contributed by atoms with Crippen molar-refractivity contribution in [3.8, 4) is 0 Å². The maximum Gasteiger partial charge on any atom is 0.355 e. The lowest BCUT2D eigenvalue weighted by Crippen LogP contribution is -2.30. The monoisotopic (exact) mass is 212 g/mol. The molecule has 1 rings (SSSR count). The van der Waals surface area contributed by atoms with Gasteiger partial charge in [-0.15, -0.1) is 0 Å². The summed E-state index contributed by atoms with van der Waals surface area (Å²) < 4.78 is 10.5. The summed E-state index contributed by atoms with van der Waals surface area (Å²) in [7, 11) is -0.396. The minimum atomic E-state index is -1.98. The van der Waals surface area contributed by atoms with Crippen molar-refractivity contribution >= 4 is 9.28 Å². The summed E-state index contributed by atoms with van der Waals surface area (Å²) >= 11 is 0. The lowest BCUT2D eigenvalue weighted by Gasteiger charge is -2.19. The van der Waals surface area contributed by atoms with Gasteiger partial charge in [0.1, 0.15) is 5.73 Å². The first kappa shape index (κ1) is 11.4. The zero-order chi connectivity index (χ0) is 10.4. The van der Waals surface area contributed by atoms with Crippen LogP contribution in [0.15, 0.2) is 30.3 Å². The van der Waals surface area contributed by atoms with Gasteiger partial charge in [0.05, 0.1) is 0 Å². The van der Waals surface area contributed by atoms with Gasteiger partial charge < -0.3 is 14.0 Å². The number of rotatable bonds is 5. The zero-order valence-electron chi connectivity index (χ0n) is 8.51. The van der Waals surface area contributed by atoms with Gasteiger partial charge in [0, 0.05) is 13.7 Å². The molecular formula is C10H16O3Si. The second-order valence-electron chi connectivity index (χ2n) is 2.91. The van der Waals surface area contributed by atoms with E-state index in [4.69, 9.17) is 8.85 Å². The third-order valence-corrected chi connectivity index (χ3v) is 3.99. The molecule has 0 aliphatic carbocycles. The highest BCUT2D eigenvalue weighted by Gasteiger charge is 2.23. The first-order valence-electron chi connectivity index (χ1n) is 4.67. The van der Waals surface area contributed by atoms with E-state index in [9.17, 15) is 5.11 Å². The zero-order valence-corrected chi connectivity index (χ0v) is 9.67. The topological polar surface area (TPSA) is 38.7 Å². The predicted octanol–water partition coefficient (Wildman–Crippen LogP) is 1.16. The third kappa shape index (κ3) is 2.92. The Hall–Kier alpha value is -0.683. The van der Waals surface area contributed by atoms with Crippen molar-refractivity contribution < 1.29 is 14.0 Å². The second kappa shape index (κ2) is 5.92. The van der Waals surface area contributed by atoms with Crippen molar-refractivity contribution in [2.75, 3.05) is 13.7 Å². The minimum absolute atomic E-state index is 0.578. The lowest BCUT2D eigenvalue weighted by molar-refractivity contribution is 0.152. The van der Waals surface area contributed by atoms with Crippen molar-refractivity contribution in [3.63, 3.8) is 0 Å². The van der Waals surface area contributed by atoms with Crippen LogP contribution in [-0.4, -0.2) is 28.1 Å². The molecule has 0 saturated heterocycles. The Balaban J connectivity index is 2.67. The fourth-order valence-corrected chi connectivity index (χ4v) is 2.70. The van der Waals surface area contributed by atoms with Gasteiger partial charge in [-0.25, -0.2) is 0 Å². The van der Waals surface area contributed by atoms with Gasteiger partial charge in [0.25, 0.3) is 0 Å². The highest BCUT2D eigenvalue weighted by atomic mass is 28.3. The van der Waals surface area contributed by atoms with Crippen LogP contribution >= 0.6 is 0 Å². The van der Waals surface area contributed by atoms with Crippen molar-refractivity contribution in [2.24, 2.45) is 0 Å². The van der Waals surface area contributed by atoms with Gasteiger partial charge in [-0.1, -0.05) is 30.3 Å². The molecule has 0 spiro atoms. The average Bonchev–Trinajstić information content (AvgIpc) is 2.26. The largest absolute Gasteiger partial charge is 0.398 e. The van der Waals surface area contributed by atoms with Gasteiger partial charge in [-0.05, 0) is 12.5 Å². The number of aliphatic hydroxyl groups is 1. The molecule has 78 valence electrons. The van der Waals surface area contributed by atoms with E-state index < -0.39 is 15.0 Å². The van der Waals surface area contributed by atoms with E-state index in [1.54, 1.807) is 7.11 Å². The average molecular weight is 212 g/mol. The smallest absolute Gasteiger partial charge is 0.355 e. The van der Waals surface area contributed by atoms with Crippen LogP contribution in [0, 0.1) is 0 Å². The van der Waals surface area contributed by atoms with E-state index in [1.165, 1.54) is 0 Å². The van der Waals surface area contributed by atoms with Crippen LogP contribution in [0.2, 0.25) is 0 Å². The number of hydrogen-bond acceptors (Lipinski definition) is 3. The van der Waals surface area contributed by atoms with Crippen LogP contribution in [0.25, 0.3) is 0 Å². The second-order valence-corrected chi connectivity index (χ2v) is 5.09. The summed E-state index contributed by atoms with van der Waals surface area (Å²) in [5.41, 5.74) is 0.264. The Morgan fingerprint density at radius 1 is 1.36 bits per heavy atom. The minimum Gasteiger partial charge on any atom is -0.398 e. The molecule has 1 aromatic rings. The van der Waals surface area contributed by atoms with E-state index in [0.717, 1.165) is 5.56 Å². The Morgan fingerprint density at radius 3 is 2.50 bits per heavy atom. The van der Waals surface area contributed by atoms with Crippen LogP contribution in [0.1, 0.15) is 18.2 Å². The number of hydrogen-bond donors (Lipinski definition) is 1. The molecule has 0 fully saturated rings. The van der Waals surface area contributed by atoms with Gasteiger partial charge in [0.15, 0.2) is 0 Å². The summed E-state index contributed by atoms with van der Waals surface area (Å²) in [5, 5.41) is 9.92. The summed E-state index contributed by atoms with van der Waals surface area (Å²) in [6.45, 7) is 2.48. The SMILES string of the molecule is CCO[SiH](OC)C(O)c1ccccc1. The molecule has 2 atom stereocenters. The molecule has 0 heterocycles. The fourth-order valence-electron chi connectivity index (χ4n) is 1.26. The molecule has 0 amide bonds. The van der Waals surface area contributed by atoms with E-state index in [0.29, 0.717) is 6.61 Å². The maximum absolute atomic E-state index is 9.92. The van der Waals surface area contributed by atoms with E-state index in [-0.39, 0.29) is 0 Å². The van der Waals surface area contributed by atoms with Crippen LogP contribution < -0.4 is 0 Å². The predicted molar refractivity (Wildman–Crippen MR) is 57.2 cm³/mol. The maximum atomic E-state index is 9.92. The van der Waals surface area contributed by atoms with Crippen molar-refractivity contribution in [3.05, 3.63) is 35.9 Å². The molecule has 4 heteroatoms. The summed E-state index contributed by atoms with van der Waals surface area (Å²) in [5.74, 6) is 0. The van der Waals surface area contributed by atoms with Crippen molar-refractivity contribution in [1.82, 2.24) is 0 Å². The number of benzene rings is 1. The Labute approximate surface area is 86.1 Å². The van der Waals surface area contributed by atoms with Crippen molar-refractivity contribution in [1.29, 1.82) is 0 Å². The molecular weight excluding hydrogens is 196 g/mol.